The minimum atomic E-state index is -0.364. The summed E-state index contributed by atoms with van der Waals surface area (Å²) in [5.74, 6) is 0.464. The van der Waals surface area contributed by atoms with Crippen LogP contribution in [0.2, 0.25) is 0 Å². The summed E-state index contributed by atoms with van der Waals surface area (Å²) >= 11 is 1.30. The van der Waals surface area contributed by atoms with E-state index in [2.05, 4.69) is 26.1 Å². The van der Waals surface area contributed by atoms with Crippen LogP contribution in [0.3, 0.4) is 0 Å². The van der Waals surface area contributed by atoms with Crippen molar-refractivity contribution in [3.05, 3.63) is 29.3 Å². The molecule has 0 unspecified atom stereocenters. The van der Waals surface area contributed by atoms with Crippen LogP contribution in [0.4, 0.5) is 15.6 Å². The number of ether oxygens (including phenoxy) is 1. The number of hydrogen-bond donors (Lipinski definition) is 3. The molecule has 3 amide bonds. The molecule has 8 nitrogen and oxygen atoms in total. The Hall–Kier alpha value is -2.68. The number of hydrogen-bond acceptors (Lipinski definition) is 6. The van der Waals surface area contributed by atoms with Crippen LogP contribution in [-0.2, 0) is 4.79 Å². The fraction of sp³-hybridized carbons (Fsp3) is 0.286. The van der Waals surface area contributed by atoms with Crippen LogP contribution in [0.5, 0.6) is 5.75 Å². The lowest BCUT2D eigenvalue weighted by Crippen LogP contribution is -2.32. The number of carbonyl (C=O) groups is 2. The molecule has 2 rings (SSSR count). The molecule has 0 fully saturated rings. The van der Waals surface area contributed by atoms with Crippen molar-refractivity contribution < 1.29 is 14.3 Å². The van der Waals surface area contributed by atoms with Gasteiger partial charge in [0.25, 0.3) is 0 Å². The van der Waals surface area contributed by atoms with Gasteiger partial charge >= 0.3 is 6.03 Å². The second-order valence-electron chi connectivity index (χ2n) is 4.56. The number of nitrogens with one attached hydrogen (secondary N) is 3. The highest BCUT2D eigenvalue weighted by molar-refractivity contribution is 7.15. The van der Waals surface area contributed by atoms with E-state index in [1.807, 2.05) is 6.92 Å². The van der Waals surface area contributed by atoms with Crippen molar-refractivity contribution in [3.63, 3.8) is 0 Å². The SMILES string of the molecule is CC(=O)Nc1cccc(OCCNC(=O)Nc2nnc(C)s2)c1. The molecule has 0 aliphatic heterocycles. The van der Waals surface area contributed by atoms with Crippen LogP contribution >= 0.6 is 11.3 Å². The van der Waals surface area contributed by atoms with Crippen molar-refractivity contribution in [2.45, 2.75) is 13.8 Å². The van der Waals surface area contributed by atoms with Crippen LogP contribution in [0.1, 0.15) is 11.9 Å². The molecule has 1 aromatic heterocycles. The Morgan fingerprint density at radius 1 is 1.26 bits per heavy atom. The fourth-order valence-electron chi connectivity index (χ4n) is 1.69. The van der Waals surface area contributed by atoms with E-state index in [0.29, 0.717) is 29.7 Å². The van der Waals surface area contributed by atoms with Gasteiger partial charge in [0.2, 0.25) is 11.0 Å². The molecule has 0 bridgehead atoms. The molecule has 122 valence electrons. The molecule has 0 atom stereocenters. The largest absolute Gasteiger partial charge is 0.492 e. The Morgan fingerprint density at radius 2 is 2.09 bits per heavy atom. The van der Waals surface area contributed by atoms with E-state index in [1.165, 1.54) is 18.3 Å². The van der Waals surface area contributed by atoms with Gasteiger partial charge in [-0.05, 0) is 19.1 Å². The van der Waals surface area contributed by atoms with Crippen molar-refractivity contribution in [3.8, 4) is 5.75 Å². The number of carbonyl (C=O) groups excluding carboxylic acids is 2. The van der Waals surface area contributed by atoms with Crippen molar-refractivity contribution >= 4 is 34.1 Å². The third kappa shape index (κ3) is 5.91. The number of nitrogens with zero attached hydrogens (tertiary/aromatic N) is 2. The van der Waals surface area contributed by atoms with Gasteiger partial charge in [-0.2, -0.15) is 0 Å². The summed E-state index contributed by atoms with van der Waals surface area (Å²) < 4.78 is 5.51. The quantitative estimate of drug-likeness (QED) is 0.700. The van der Waals surface area contributed by atoms with Crippen LogP contribution in [0.15, 0.2) is 24.3 Å². The number of aromatic nitrogens is 2. The first kappa shape index (κ1) is 16.7. The summed E-state index contributed by atoms with van der Waals surface area (Å²) in [4.78, 5) is 22.6. The van der Waals surface area contributed by atoms with Crippen molar-refractivity contribution in [1.29, 1.82) is 0 Å². The van der Waals surface area contributed by atoms with E-state index in [9.17, 15) is 9.59 Å². The zero-order chi connectivity index (χ0) is 16.7. The zero-order valence-corrected chi connectivity index (χ0v) is 13.6. The maximum atomic E-state index is 11.6. The molecule has 0 aliphatic carbocycles. The van der Waals surface area contributed by atoms with Gasteiger partial charge < -0.3 is 15.4 Å². The van der Waals surface area contributed by atoms with Crippen LogP contribution in [-0.4, -0.2) is 35.3 Å². The van der Waals surface area contributed by atoms with Gasteiger partial charge in [-0.3, -0.25) is 10.1 Å². The van der Waals surface area contributed by atoms with Gasteiger partial charge in [0.05, 0.1) is 6.54 Å². The van der Waals surface area contributed by atoms with E-state index >= 15 is 0 Å². The third-order valence-electron chi connectivity index (χ3n) is 2.56. The van der Waals surface area contributed by atoms with Crippen LogP contribution < -0.4 is 20.7 Å². The second-order valence-corrected chi connectivity index (χ2v) is 5.75. The summed E-state index contributed by atoms with van der Waals surface area (Å²) in [5, 5.41) is 16.7. The summed E-state index contributed by atoms with van der Waals surface area (Å²) in [7, 11) is 0. The highest BCUT2D eigenvalue weighted by Gasteiger charge is 2.05. The molecule has 0 spiro atoms. The molecular formula is C14H17N5O3S. The summed E-state index contributed by atoms with van der Waals surface area (Å²) in [6.45, 7) is 3.87. The van der Waals surface area contributed by atoms with Crippen molar-refractivity contribution in [2.75, 3.05) is 23.8 Å². The molecule has 2 aromatic rings. The highest BCUT2D eigenvalue weighted by atomic mass is 32.1. The zero-order valence-electron chi connectivity index (χ0n) is 12.8. The number of anilines is 2. The number of benzene rings is 1. The maximum Gasteiger partial charge on any atom is 0.321 e. The monoisotopic (exact) mass is 335 g/mol. The second kappa shape index (κ2) is 8.08. The van der Waals surface area contributed by atoms with Gasteiger partial charge in [-0.15, -0.1) is 10.2 Å². The molecule has 0 aliphatic rings. The van der Waals surface area contributed by atoms with Crippen LogP contribution in [0, 0.1) is 6.92 Å². The van der Waals surface area contributed by atoms with Crippen molar-refractivity contribution in [2.24, 2.45) is 0 Å². The normalized spacial score (nSPS) is 10.0. The Balaban J connectivity index is 1.70. The first-order valence-electron chi connectivity index (χ1n) is 6.88. The standard InChI is InChI=1S/C14H17N5O3S/c1-9(20)16-11-4-3-5-12(8-11)22-7-6-15-13(21)17-14-19-18-10(2)23-14/h3-5,8H,6-7H2,1-2H3,(H,16,20)(H2,15,17,19,21). The van der Waals surface area contributed by atoms with Gasteiger partial charge in [0, 0.05) is 18.7 Å². The molecule has 0 saturated carbocycles. The lowest BCUT2D eigenvalue weighted by atomic mass is 10.3. The maximum absolute atomic E-state index is 11.6. The van der Waals surface area contributed by atoms with Gasteiger partial charge in [0.1, 0.15) is 17.4 Å². The van der Waals surface area contributed by atoms with Gasteiger partial charge in [-0.25, -0.2) is 4.79 Å². The first-order valence-corrected chi connectivity index (χ1v) is 7.70. The number of urea groups is 1. The predicted octanol–water partition coefficient (Wildman–Crippen LogP) is 2.01. The third-order valence-corrected chi connectivity index (χ3v) is 3.31. The highest BCUT2D eigenvalue weighted by Crippen LogP contribution is 2.17. The predicted molar refractivity (Wildman–Crippen MR) is 87.9 cm³/mol. The molecule has 0 saturated heterocycles. The van der Waals surface area contributed by atoms with E-state index in [-0.39, 0.29) is 11.9 Å². The Labute approximate surface area is 137 Å². The van der Waals surface area contributed by atoms with E-state index in [1.54, 1.807) is 24.3 Å². The molecule has 0 radical (unpaired) electrons. The van der Waals surface area contributed by atoms with Crippen LogP contribution in [0.25, 0.3) is 0 Å². The minimum Gasteiger partial charge on any atom is -0.492 e. The molecule has 9 heteroatoms. The first-order chi connectivity index (χ1) is 11.0. The number of rotatable bonds is 6. The molecular weight excluding hydrogens is 318 g/mol. The minimum absolute atomic E-state index is 0.146. The summed E-state index contributed by atoms with van der Waals surface area (Å²) in [6, 6.07) is 6.67. The van der Waals surface area contributed by atoms with Crippen molar-refractivity contribution in [1.82, 2.24) is 15.5 Å². The van der Waals surface area contributed by atoms with E-state index in [4.69, 9.17) is 4.74 Å². The molecule has 1 aromatic carbocycles. The average molecular weight is 335 g/mol. The average Bonchev–Trinajstić information content (AvgIpc) is 2.88. The fourth-order valence-corrected chi connectivity index (χ4v) is 2.28. The Bertz CT molecular complexity index is 689. The van der Waals surface area contributed by atoms with E-state index in [0.717, 1.165) is 5.01 Å². The Kier molecular flexibility index (Phi) is 5.87. The smallest absolute Gasteiger partial charge is 0.321 e. The van der Waals surface area contributed by atoms with E-state index < -0.39 is 0 Å². The molecule has 3 N–H and O–H groups in total. The van der Waals surface area contributed by atoms with Gasteiger partial charge in [-0.1, -0.05) is 17.4 Å². The number of aryl methyl sites for hydroxylation is 1. The summed E-state index contributed by atoms with van der Waals surface area (Å²) in [6.07, 6.45) is 0. The lowest BCUT2D eigenvalue weighted by molar-refractivity contribution is -0.114. The topological polar surface area (TPSA) is 105 Å². The molecule has 1 heterocycles. The van der Waals surface area contributed by atoms with Gasteiger partial charge in [0.15, 0.2) is 0 Å². The molecule has 23 heavy (non-hydrogen) atoms. The Morgan fingerprint density at radius 3 is 2.78 bits per heavy atom. The summed E-state index contributed by atoms with van der Waals surface area (Å²) in [5.41, 5.74) is 0.660. The lowest BCUT2D eigenvalue weighted by Gasteiger charge is -2.09. The number of amides is 3.